The summed E-state index contributed by atoms with van der Waals surface area (Å²) in [6, 6.07) is 0. The number of nitrogens with one attached hydrogen (secondary N) is 3. The molecule has 0 spiro atoms. The van der Waals surface area contributed by atoms with Crippen LogP contribution in [0.4, 0.5) is 0 Å². The van der Waals surface area contributed by atoms with E-state index in [-0.39, 0.29) is 0 Å². The van der Waals surface area contributed by atoms with Crippen molar-refractivity contribution in [3.8, 4) is 0 Å². The fourth-order valence-electron chi connectivity index (χ4n) is 3.34. The Hall–Kier alpha value is -0.730. The van der Waals surface area contributed by atoms with Crippen LogP contribution in [-0.4, -0.2) is 19.0 Å². The van der Waals surface area contributed by atoms with Gasteiger partial charge in [-0.3, -0.25) is 5.41 Å². The van der Waals surface area contributed by atoms with E-state index in [2.05, 4.69) is 24.5 Å². The first kappa shape index (κ1) is 25.3. The van der Waals surface area contributed by atoms with E-state index in [1.807, 2.05) is 0 Å². The molecule has 0 rings (SSSR count). The third kappa shape index (κ3) is 21.3. The van der Waals surface area contributed by atoms with Gasteiger partial charge in [-0.25, -0.2) is 0 Å². The lowest BCUT2D eigenvalue weighted by Gasteiger charge is -2.09. The summed E-state index contributed by atoms with van der Waals surface area (Å²) in [5.41, 5.74) is 0. The summed E-state index contributed by atoms with van der Waals surface area (Å²) in [6.45, 7) is 6.32. The van der Waals surface area contributed by atoms with E-state index >= 15 is 0 Å². The molecular formula is C23H49N3. The molecule has 156 valence electrons. The van der Waals surface area contributed by atoms with Crippen molar-refractivity contribution in [3.05, 3.63) is 0 Å². The SMILES string of the molecule is CCCCCCCCCCCCCCCCCCNC(=N)NCCCC. The van der Waals surface area contributed by atoms with Gasteiger partial charge in [0.25, 0.3) is 0 Å². The average Bonchev–Trinajstić information content (AvgIpc) is 2.64. The van der Waals surface area contributed by atoms with Crippen molar-refractivity contribution in [1.29, 1.82) is 5.41 Å². The zero-order valence-electron chi connectivity index (χ0n) is 18.1. The van der Waals surface area contributed by atoms with Crippen molar-refractivity contribution in [3.63, 3.8) is 0 Å². The summed E-state index contributed by atoms with van der Waals surface area (Å²) in [7, 11) is 0. The van der Waals surface area contributed by atoms with Gasteiger partial charge in [-0.1, -0.05) is 117 Å². The van der Waals surface area contributed by atoms with Crippen LogP contribution >= 0.6 is 0 Å². The molecule has 0 aromatic rings. The third-order valence-corrected chi connectivity index (χ3v) is 5.16. The van der Waals surface area contributed by atoms with Crippen LogP contribution in [0.25, 0.3) is 0 Å². The number of hydrogen-bond acceptors (Lipinski definition) is 1. The van der Waals surface area contributed by atoms with E-state index in [0.29, 0.717) is 5.96 Å². The first-order valence-corrected chi connectivity index (χ1v) is 11.9. The summed E-state index contributed by atoms with van der Waals surface area (Å²) >= 11 is 0. The fraction of sp³-hybridized carbons (Fsp3) is 0.957. The molecule has 0 aliphatic rings. The minimum atomic E-state index is 0.499. The van der Waals surface area contributed by atoms with Gasteiger partial charge in [-0.15, -0.1) is 0 Å². The van der Waals surface area contributed by atoms with Gasteiger partial charge in [0.2, 0.25) is 0 Å². The molecule has 0 heterocycles. The van der Waals surface area contributed by atoms with E-state index in [4.69, 9.17) is 5.41 Å². The van der Waals surface area contributed by atoms with Crippen molar-refractivity contribution in [1.82, 2.24) is 10.6 Å². The minimum Gasteiger partial charge on any atom is -0.357 e. The van der Waals surface area contributed by atoms with Crippen LogP contribution in [0.15, 0.2) is 0 Å². The molecule has 0 aromatic heterocycles. The van der Waals surface area contributed by atoms with Gasteiger partial charge < -0.3 is 10.6 Å². The van der Waals surface area contributed by atoms with Crippen molar-refractivity contribution in [2.45, 2.75) is 129 Å². The lowest BCUT2D eigenvalue weighted by Crippen LogP contribution is -2.37. The molecule has 0 unspecified atom stereocenters. The molecule has 0 aliphatic heterocycles. The second-order valence-corrected chi connectivity index (χ2v) is 7.89. The third-order valence-electron chi connectivity index (χ3n) is 5.16. The fourth-order valence-corrected chi connectivity index (χ4v) is 3.34. The molecular weight excluding hydrogens is 318 g/mol. The largest absolute Gasteiger partial charge is 0.357 e. The van der Waals surface area contributed by atoms with E-state index in [0.717, 1.165) is 19.5 Å². The lowest BCUT2D eigenvalue weighted by molar-refractivity contribution is 0.529. The van der Waals surface area contributed by atoms with Gasteiger partial charge in [0.05, 0.1) is 0 Å². The number of rotatable bonds is 20. The molecule has 26 heavy (non-hydrogen) atoms. The zero-order chi connectivity index (χ0) is 19.1. The van der Waals surface area contributed by atoms with Gasteiger partial charge in [0, 0.05) is 13.1 Å². The molecule has 0 fully saturated rings. The first-order valence-electron chi connectivity index (χ1n) is 11.9. The summed E-state index contributed by atoms with van der Waals surface area (Å²) < 4.78 is 0. The quantitative estimate of drug-likeness (QED) is 0.121. The van der Waals surface area contributed by atoms with Crippen molar-refractivity contribution >= 4 is 5.96 Å². The summed E-state index contributed by atoms with van der Waals surface area (Å²) in [5.74, 6) is 0.499. The molecule has 0 aromatic carbocycles. The van der Waals surface area contributed by atoms with Crippen LogP contribution in [0.3, 0.4) is 0 Å². The van der Waals surface area contributed by atoms with E-state index in [1.54, 1.807) is 0 Å². The lowest BCUT2D eigenvalue weighted by atomic mass is 10.0. The Morgan fingerprint density at radius 1 is 0.462 bits per heavy atom. The van der Waals surface area contributed by atoms with E-state index in [1.165, 1.54) is 109 Å². The van der Waals surface area contributed by atoms with Gasteiger partial charge >= 0.3 is 0 Å². The Morgan fingerprint density at radius 2 is 0.769 bits per heavy atom. The molecule has 0 atom stereocenters. The maximum atomic E-state index is 7.74. The predicted molar refractivity (Wildman–Crippen MR) is 118 cm³/mol. The second kappa shape index (κ2) is 22.3. The Balaban J connectivity index is 3.06. The molecule has 0 amide bonds. The van der Waals surface area contributed by atoms with Crippen molar-refractivity contribution in [2.75, 3.05) is 13.1 Å². The number of guanidine groups is 1. The van der Waals surface area contributed by atoms with Crippen molar-refractivity contribution < 1.29 is 0 Å². The topological polar surface area (TPSA) is 47.9 Å². The van der Waals surface area contributed by atoms with E-state index in [9.17, 15) is 0 Å². The molecule has 0 saturated heterocycles. The smallest absolute Gasteiger partial charge is 0.188 e. The van der Waals surface area contributed by atoms with Crippen LogP contribution in [0, 0.1) is 5.41 Å². The standard InChI is InChI=1S/C23H49N3/c1-3-5-7-8-9-10-11-12-13-14-15-16-17-18-19-20-22-26-23(24)25-21-6-4-2/h3-22H2,1-2H3,(H3,24,25,26). The van der Waals surface area contributed by atoms with Gasteiger partial charge in [-0.2, -0.15) is 0 Å². The highest BCUT2D eigenvalue weighted by molar-refractivity contribution is 5.76. The Morgan fingerprint density at radius 3 is 1.15 bits per heavy atom. The molecule has 3 heteroatoms. The van der Waals surface area contributed by atoms with Crippen molar-refractivity contribution in [2.24, 2.45) is 0 Å². The normalized spacial score (nSPS) is 10.8. The molecule has 0 bridgehead atoms. The highest BCUT2D eigenvalue weighted by Crippen LogP contribution is 2.13. The Bertz CT molecular complexity index is 279. The summed E-state index contributed by atoms with van der Waals surface area (Å²) in [4.78, 5) is 0. The highest BCUT2D eigenvalue weighted by atomic mass is 15.1. The maximum Gasteiger partial charge on any atom is 0.188 e. The van der Waals surface area contributed by atoms with Gasteiger partial charge in [0.1, 0.15) is 0 Å². The summed E-state index contributed by atoms with van der Waals surface area (Å²) in [6.07, 6.45) is 24.8. The van der Waals surface area contributed by atoms with Gasteiger partial charge in [-0.05, 0) is 12.8 Å². The summed E-state index contributed by atoms with van der Waals surface area (Å²) in [5, 5.41) is 14.0. The van der Waals surface area contributed by atoms with Crippen LogP contribution in [0.2, 0.25) is 0 Å². The zero-order valence-corrected chi connectivity index (χ0v) is 18.1. The van der Waals surface area contributed by atoms with Crippen LogP contribution in [-0.2, 0) is 0 Å². The second-order valence-electron chi connectivity index (χ2n) is 7.89. The molecule has 3 nitrogen and oxygen atoms in total. The molecule has 0 radical (unpaired) electrons. The average molecular weight is 368 g/mol. The van der Waals surface area contributed by atoms with E-state index < -0.39 is 0 Å². The van der Waals surface area contributed by atoms with Gasteiger partial charge in [0.15, 0.2) is 5.96 Å². The minimum absolute atomic E-state index is 0.499. The van der Waals surface area contributed by atoms with Crippen LogP contribution < -0.4 is 10.6 Å². The number of unbranched alkanes of at least 4 members (excludes halogenated alkanes) is 16. The first-order chi connectivity index (χ1) is 12.8. The van der Waals surface area contributed by atoms with Crippen LogP contribution in [0.5, 0.6) is 0 Å². The van der Waals surface area contributed by atoms with Crippen LogP contribution in [0.1, 0.15) is 129 Å². The Kier molecular flexibility index (Phi) is 21.7. The maximum absolute atomic E-state index is 7.74. The highest BCUT2D eigenvalue weighted by Gasteiger charge is 1.96. The predicted octanol–water partition coefficient (Wildman–Crippen LogP) is 7.16. The monoisotopic (exact) mass is 367 g/mol. The molecule has 3 N–H and O–H groups in total. The number of hydrogen-bond donors (Lipinski definition) is 3. The molecule has 0 aliphatic carbocycles. The Labute approximate surface area is 165 Å². The molecule has 0 saturated carbocycles.